The van der Waals surface area contributed by atoms with Crippen LogP contribution in [0.4, 0.5) is 5.69 Å². The first kappa shape index (κ1) is 10.4. The molecule has 1 aromatic heterocycles. The Morgan fingerprint density at radius 1 is 1.64 bits per heavy atom. The Labute approximate surface area is 81.9 Å². The van der Waals surface area contributed by atoms with Crippen LogP contribution in [-0.4, -0.2) is 16.5 Å². The van der Waals surface area contributed by atoms with Gasteiger partial charge in [-0.1, -0.05) is 6.92 Å². The van der Waals surface area contributed by atoms with Crippen LogP contribution in [0, 0.1) is 17.0 Å². The highest BCUT2D eigenvalue weighted by Crippen LogP contribution is 2.24. The van der Waals surface area contributed by atoms with Gasteiger partial charge in [0, 0.05) is 12.3 Å². The summed E-state index contributed by atoms with van der Waals surface area (Å²) in [7, 11) is 0. The van der Waals surface area contributed by atoms with Crippen molar-refractivity contribution in [1.29, 1.82) is 0 Å². The molecular formula is C9H12N2O3. The van der Waals surface area contributed by atoms with E-state index >= 15 is 0 Å². The van der Waals surface area contributed by atoms with Crippen LogP contribution < -0.4 is 4.74 Å². The molecule has 5 heteroatoms. The van der Waals surface area contributed by atoms with Crippen LogP contribution in [0.15, 0.2) is 12.3 Å². The average Bonchev–Trinajstić information content (AvgIpc) is 2.15. The predicted molar refractivity (Wildman–Crippen MR) is 51.4 cm³/mol. The standard InChI is InChI=1S/C9H12N2O3/c1-3-4-14-9-8(11(12)13)5-7(2)6-10-9/h5-6H,3-4H2,1-2H3. The molecule has 0 saturated heterocycles. The zero-order chi connectivity index (χ0) is 10.6. The molecule has 0 aromatic carbocycles. The monoisotopic (exact) mass is 196 g/mol. The fraction of sp³-hybridized carbons (Fsp3) is 0.444. The Balaban J connectivity index is 2.96. The second-order valence-corrected chi connectivity index (χ2v) is 2.94. The van der Waals surface area contributed by atoms with Gasteiger partial charge >= 0.3 is 5.69 Å². The van der Waals surface area contributed by atoms with Gasteiger partial charge in [0.2, 0.25) is 0 Å². The van der Waals surface area contributed by atoms with E-state index in [0.717, 1.165) is 12.0 Å². The summed E-state index contributed by atoms with van der Waals surface area (Å²) in [6, 6.07) is 1.46. The first-order valence-corrected chi connectivity index (χ1v) is 4.39. The summed E-state index contributed by atoms with van der Waals surface area (Å²) < 4.78 is 5.15. The highest BCUT2D eigenvalue weighted by molar-refractivity contribution is 5.42. The molecule has 5 nitrogen and oxygen atoms in total. The number of nitrogens with zero attached hydrogens (tertiary/aromatic N) is 2. The molecule has 1 rings (SSSR count). The van der Waals surface area contributed by atoms with E-state index < -0.39 is 4.92 Å². The summed E-state index contributed by atoms with van der Waals surface area (Å²) in [5.74, 6) is 0.0995. The Morgan fingerprint density at radius 3 is 2.93 bits per heavy atom. The normalized spacial score (nSPS) is 9.86. The van der Waals surface area contributed by atoms with Gasteiger partial charge in [-0.3, -0.25) is 10.1 Å². The first-order valence-electron chi connectivity index (χ1n) is 4.39. The van der Waals surface area contributed by atoms with E-state index in [4.69, 9.17) is 4.74 Å². The van der Waals surface area contributed by atoms with Gasteiger partial charge in [0.25, 0.3) is 5.88 Å². The molecule has 0 N–H and O–H groups in total. The van der Waals surface area contributed by atoms with Crippen molar-refractivity contribution in [1.82, 2.24) is 4.98 Å². The number of aryl methyl sites for hydroxylation is 1. The van der Waals surface area contributed by atoms with Crippen LogP contribution in [0.1, 0.15) is 18.9 Å². The number of ether oxygens (including phenoxy) is 1. The Bertz CT molecular complexity index is 339. The van der Waals surface area contributed by atoms with Crippen molar-refractivity contribution in [3.63, 3.8) is 0 Å². The first-order chi connectivity index (χ1) is 6.65. The zero-order valence-electron chi connectivity index (χ0n) is 8.19. The number of rotatable bonds is 4. The lowest BCUT2D eigenvalue weighted by atomic mass is 10.3. The SMILES string of the molecule is CCCOc1ncc(C)cc1[N+](=O)[O-]. The van der Waals surface area contributed by atoms with Crippen LogP contribution in [0.2, 0.25) is 0 Å². The van der Waals surface area contributed by atoms with Gasteiger partial charge in [-0.25, -0.2) is 4.98 Å². The summed E-state index contributed by atoms with van der Waals surface area (Å²) >= 11 is 0. The molecular weight excluding hydrogens is 184 g/mol. The lowest BCUT2D eigenvalue weighted by Gasteiger charge is -2.03. The number of aromatic nitrogens is 1. The topological polar surface area (TPSA) is 65.3 Å². The molecule has 0 radical (unpaired) electrons. The van der Waals surface area contributed by atoms with Gasteiger partial charge in [0.1, 0.15) is 0 Å². The molecule has 0 atom stereocenters. The van der Waals surface area contributed by atoms with Gasteiger partial charge in [-0.05, 0) is 18.9 Å². The van der Waals surface area contributed by atoms with Crippen molar-refractivity contribution in [2.75, 3.05) is 6.61 Å². The zero-order valence-corrected chi connectivity index (χ0v) is 8.19. The van der Waals surface area contributed by atoms with Gasteiger partial charge in [-0.2, -0.15) is 0 Å². The van der Waals surface area contributed by atoms with E-state index in [0.29, 0.717) is 6.61 Å². The van der Waals surface area contributed by atoms with Crippen molar-refractivity contribution >= 4 is 5.69 Å². The fourth-order valence-electron chi connectivity index (χ4n) is 0.982. The molecule has 0 aliphatic rings. The summed E-state index contributed by atoms with van der Waals surface area (Å²) in [5, 5.41) is 10.6. The van der Waals surface area contributed by atoms with Crippen LogP contribution in [-0.2, 0) is 0 Å². The lowest BCUT2D eigenvalue weighted by Crippen LogP contribution is -2.01. The molecule has 14 heavy (non-hydrogen) atoms. The quantitative estimate of drug-likeness (QED) is 0.546. The molecule has 0 bridgehead atoms. The minimum Gasteiger partial charge on any atom is -0.473 e. The van der Waals surface area contributed by atoms with Crippen molar-refractivity contribution in [3.05, 3.63) is 27.9 Å². The maximum Gasteiger partial charge on any atom is 0.331 e. The van der Waals surface area contributed by atoms with E-state index in [9.17, 15) is 10.1 Å². The molecule has 0 unspecified atom stereocenters. The number of hydrogen-bond donors (Lipinski definition) is 0. The van der Waals surface area contributed by atoms with E-state index in [1.54, 1.807) is 13.1 Å². The number of hydrogen-bond acceptors (Lipinski definition) is 4. The Kier molecular flexibility index (Phi) is 3.39. The molecule has 0 spiro atoms. The molecule has 0 fully saturated rings. The van der Waals surface area contributed by atoms with Crippen molar-refractivity contribution in [2.24, 2.45) is 0 Å². The van der Waals surface area contributed by atoms with E-state index in [2.05, 4.69) is 4.98 Å². The van der Waals surface area contributed by atoms with Gasteiger partial charge < -0.3 is 4.74 Å². The van der Waals surface area contributed by atoms with Crippen LogP contribution >= 0.6 is 0 Å². The maximum absolute atomic E-state index is 10.6. The summed E-state index contributed by atoms with van der Waals surface area (Å²) in [4.78, 5) is 14.0. The lowest BCUT2D eigenvalue weighted by molar-refractivity contribution is -0.386. The van der Waals surface area contributed by atoms with Crippen molar-refractivity contribution < 1.29 is 9.66 Å². The van der Waals surface area contributed by atoms with Crippen LogP contribution in [0.3, 0.4) is 0 Å². The minimum atomic E-state index is -0.481. The third-order valence-corrected chi connectivity index (χ3v) is 1.61. The molecule has 0 saturated carbocycles. The summed E-state index contributed by atoms with van der Waals surface area (Å²) in [6.07, 6.45) is 2.35. The molecule has 0 aliphatic heterocycles. The van der Waals surface area contributed by atoms with E-state index in [1.807, 2.05) is 6.92 Å². The minimum absolute atomic E-state index is 0.0709. The second kappa shape index (κ2) is 4.55. The smallest absolute Gasteiger partial charge is 0.331 e. The van der Waals surface area contributed by atoms with Crippen LogP contribution in [0.25, 0.3) is 0 Å². The second-order valence-electron chi connectivity index (χ2n) is 2.94. The van der Waals surface area contributed by atoms with Crippen molar-refractivity contribution in [3.8, 4) is 5.88 Å². The van der Waals surface area contributed by atoms with Gasteiger partial charge in [0.05, 0.1) is 11.5 Å². The number of pyridine rings is 1. The van der Waals surface area contributed by atoms with Crippen LogP contribution in [0.5, 0.6) is 5.88 Å². The molecule has 1 aromatic rings. The van der Waals surface area contributed by atoms with Gasteiger partial charge in [0.15, 0.2) is 0 Å². The molecule has 1 heterocycles. The average molecular weight is 196 g/mol. The third-order valence-electron chi connectivity index (χ3n) is 1.61. The highest BCUT2D eigenvalue weighted by Gasteiger charge is 2.16. The summed E-state index contributed by atoms with van der Waals surface area (Å²) in [5.41, 5.74) is 0.680. The van der Waals surface area contributed by atoms with E-state index in [1.165, 1.54) is 6.07 Å². The van der Waals surface area contributed by atoms with Crippen molar-refractivity contribution in [2.45, 2.75) is 20.3 Å². The number of nitro groups is 1. The maximum atomic E-state index is 10.6. The summed E-state index contributed by atoms with van der Waals surface area (Å²) in [6.45, 7) is 4.13. The third kappa shape index (κ3) is 2.42. The molecule has 76 valence electrons. The largest absolute Gasteiger partial charge is 0.473 e. The molecule has 0 amide bonds. The van der Waals surface area contributed by atoms with E-state index in [-0.39, 0.29) is 11.6 Å². The van der Waals surface area contributed by atoms with Gasteiger partial charge in [-0.15, -0.1) is 0 Å². The molecule has 0 aliphatic carbocycles. The highest BCUT2D eigenvalue weighted by atomic mass is 16.6. The Hall–Kier alpha value is -1.65. The Morgan fingerprint density at radius 2 is 2.36 bits per heavy atom. The predicted octanol–water partition coefficient (Wildman–Crippen LogP) is 2.09. The fourth-order valence-corrected chi connectivity index (χ4v) is 0.982.